The summed E-state index contributed by atoms with van der Waals surface area (Å²) in [5.41, 5.74) is -0.249. The standard InChI is InChI=1S/C20H18ClF3N2O3/c1-12-18(27)26(16-11-15(21)7-8-17(16)29-2)10-9-25(12)19(28)13-3-5-14(6-4-13)20(22,23)24/h3-8,11-12H,9-10H2,1-2H3/t12-/m0/s1. The van der Waals surface area contributed by atoms with Gasteiger partial charge in [0.2, 0.25) is 5.91 Å². The number of hydrogen-bond acceptors (Lipinski definition) is 3. The second-order valence-electron chi connectivity index (χ2n) is 6.56. The summed E-state index contributed by atoms with van der Waals surface area (Å²) in [4.78, 5) is 28.5. The van der Waals surface area contributed by atoms with Crippen molar-refractivity contribution in [1.29, 1.82) is 0 Å². The number of anilines is 1. The molecule has 154 valence electrons. The molecule has 0 saturated carbocycles. The Balaban J connectivity index is 1.81. The van der Waals surface area contributed by atoms with Gasteiger partial charge in [-0.15, -0.1) is 0 Å². The largest absolute Gasteiger partial charge is 0.495 e. The average Bonchev–Trinajstić information content (AvgIpc) is 2.69. The molecule has 5 nitrogen and oxygen atoms in total. The minimum absolute atomic E-state index is 0.0893. The van der Waals surface area contributed by atoms with Gasteiger partial charge in [0.05, 0.1) is 18.4 Å². The van der Waals surface area contributed by atoms with Crippen molar-refractivity contribution >= 4 is 29.1 Å². The molecule has 0 aliphatic carbocycles. The zero-order chi connectivity index (χ0) is 21.3. The van der Waals surface area contributed by atoms with E-state index in [1.54, 1.807) is 25.1 Å². The van der Waals surface area contributed by atoms with Gasteiger partial charge in [-0.25, -0.2) is 0 Å². The minimum atomic E-state index is -4.48. The van der Waals surface area contributed by atoms with E-state index in [0.29, 0.717) is 16.5 Å². The Bertz CT molecular complexity index is 932. The third kappa shape index (κ3) is 4.17. The fourth-order valence-corrected chi connectivity index (χ4v) is 3.40. The van der Waals surface area contributed by atoms with Gasteiger partial charge < -0.3 is 14.5 Å². The second-order valence-corrected chi connectivity index (χ2v) is 6.99. The van der Waals surface area contributed by atoms with Crippen LogP contribution in [0.15, 0.2) is 42.5 Å². The first-order valence-electron chi connectivity index (χ1n) is 8.76. The molecule has 0 unspecified atom stereocenters. The molecule has 1 heterocycles. The van der Waals surface area contributed by atoms with Crippen molar-refractivity contribution in [2.24, 2.45) is 0 Å². The highest BCUT2D eigenvalue weighted by Crippen LogP contribution is 2.34. The van der Waals surface area contributed by atoms with E-state index in [0.717, 1.165) is 24.3 Å². The van der Waals surface area contributed by atoms with Crippen molar-refractivity contribution in [3.63, 3.8) is 0 Å². The maximum atomic E-state index is 12.9. The highest BCUT2D eigenvalue weighted by molar-refractivity contribution is 6.31. The molecule has 1 aliphatic rings. The van der Waals surface area contributed by atoms with E-state index in [2.05, 4.69) is 0 Å². The van der Waals surface area contributed by atoms with Crippen LogP contribution in [0.4, 0.5) is 18.9 Å². The van der Waals surface area contributed by atoms with Crippen LogP contribution in [-0.2, 0) is 11.0 Å². The van der Waals surface area contributed by atoms with Crippen molar-refractivity contribution in [3.8, 4) is 5.75 Å². The number of alkyl halides is 3. The van der Waals surface area contributed by atoms with Gasteiger partial charge in [0.1, 0.15) is 11.8 Å². The molecule has 0 N–H and O–H groups in total. The summed E-state index contributed by atoms with van der Waals surface area (Å²) in [6.07, 6.45) is -4.48. The van der Waals surface area contributed by atoms with E-state index in [-0.39, 0.29) is 24.6 Å². The van der Waals surface area contributed by atoms with Crippen molar-refractivity contribution < 1.29 is 27.5 Å². The average molecular weight is 427 g/mol. The first-order chi connectivity index (χ1) is 13.6. The molecular weight excluding hydrogens is 409 g/mol. The number of rotatable bonds is 3. The third-order valence-electron chi connectivity index (χ3n) is 4.81. The highest BCUT2D eigenvalue weighted by Gasteiger charge is 2.37. The Hall–Kier alpha value is -2.74. The first-order valence-corrected chi connectivity index (χ1v) is 9.14. The van der Waals surface area contributed by atoms with E-state index in [1.165, 1.54) is 16.9 Å². The molecule has 0 bridgehead atoms. The van der Waals surface area contributed by atoms with Crippen LogP contribution in [0.3, 0.4) is 0 Å². The lowest BCUT2D eigenvalue weighted by atomic mass is 10.1. The molecule has 1 aliphatic heterocycles. The zero-order valence-corrected chi connectivity index (χ0v) is 16.4. The quantitative estimate of drug-likeness (QED) is 0.737. The van der Waals surface area contributed by atoms with E-state index in [9.17, 15) is 22.8 Å². The summed E-state index contributed by atoms with van der Waals surface area (Å²) in [6, 6.07) is 8.04. The van der Waals surface area contributed by atoms with Crippen LogP contribution >= 0.6 is 11.6 Å². The van der Waals surface area contributed by atoms with Crippen LogP contribution < -0.4 is 9.64 Å². The number of carbonyl (C=O) groups excluding carboxylic acids is 2. The molecular formula is C20H18ClF3N2O3. The number of nitrogens with zero attached hydrogens (tertiary/aromatic N) is 2. The number of amides is 2. The summed E-state index contributed by atoms with van der Waals surface area (Å²) < 4.78 is 43.4. The molecule has 1 fully saturated rings. The van der Waals surface area contributed by atoms with Gasteiger partial charge in [-0.05, 0) is 49.4 Å². The smallest absolute Gasteiger partial charge is 0.416 e. The van der Waals surface area contributed by atoms with Gasteiger partial charge in [0.15, 0.2) is 0 Å². The fourth-order valence-electron chi connectivity index (χ4n) is 3.23. The van der Waals surface area contributed by atoms with Crippen LogP contribution in [0, 0.1) is 0 Å². The lowest BCUT2D eigenvalue weighted by molar-refractivity contribution is -0.137. The normalized spacial score (nSPS) is 17.4. The SMILES string of the molecule is COc1ccc(Cl)cc1N1CCN(C(=O)c2ccc(C(F)(F)F)cc2)[C@@H](C)C1=O. The molecule has 1 atom stereocenters. The Morgan fingerprint density at radius 1 is 1.14 bits per heavy atom. The van der Waals surface area contributed by atoms with Gasteiger partial charge >= 0.3 is 6.18 Å². The number of methoxy groups -OCH3 is 1. The second kappa shape index (κ2) is 7.94. The lowest BCUT2D eigenvalue weighted by Gasteiger charge is -2.39. The van der Waals surface area contributed by atoms with E-state index >= 15 is 0 Å². The third-order valence-corrected chi connectivity index (χ3v) is 5.04. The number of halogens is 4. The summed E-state index contributed by atoms with van der Waals surface area (Å²) in [6.45, 7) is 1.99. The molecule has 3 rings (SSSR count). The Morgan fingerprint density at radius 3 is 2.38 bits per heavy atom. The maximum Gasteiger partial charge on any atom is 0.416 e. The number of carbonyl (C=O) groups is 2. The topological polar surface area (TPSA) is 49.9 Å². The molecule has 0 aromatic heterocycles. The molecule has 0 radical (unpaired) electrons. The van der Waals surface area contributed by atoms with Gasteiger partial charge in [0, 0.05) is 23.7 Å². The summed E-state index contributed by atoms with van der Waals surface area (Å²) in [5.74, 6) is -0.369. The Labute approximate surface area is 170 Å². The fraction of sp³-hybridized carbons (Fsp3) is 0.300. The van der Waals surface area contributed by atoms with Crippen molar-refractivity contribution in [3.05, 3.63) is 58.6 Å². The van der Waals surface area contributed by atoms with Gasteiger partial charge in [-0.3, -0.25) is 9.59 Å². The monoisotopic (exact) mass is 426 g/mol. The maximum absolute atomic E-state index is 12.9. The van der Waals surface area contributed by atoms with Gasteiger partial charge in [-0.1, -0.05) is 11.6 Å². The van der Waals surface area contributed by atoms with E-state index in [1.807, 2.05) is 0 Å². The van der Waals surface area contributed by atoms with Gasteiger partial charge in [0.25, 0.3) is 5.91 Å². The van der Waals surface area contributed by atoms with Crippen LogP contribution in [-0.4, -0.2) is 43.0 Å². The van der Waals surface area contributed by atoms with E-state index < -0.39 is 23.7 Å². The molecule has 2 aromatic carbocycles. The van der Waals surface area contributed by atoms with E-state index in [4.69, 9.17) is 16.3 Å². The summed E-state index contributed by atoms with van der Waals surface area (Å²) in [5, 5.41) is 0.435. The van der Waals surface area contributed by atoms with Crippen LogP contribution in [0.1, 0.15) is 22.8 Å². The molecule has 29 heavy (non-hydrogen) atoms. The van der Waals surface area contributed by atoms with Crippen LogP contribution in [0.25, 0.3) is 0 Å². The molecule has 0 spiro atoms. The molecule has 2 aromatic rings. The summed E-state index contributed by atoms with van der Waals surface area (Å²) >= 11 is 6.04. The Kier molecular flexibility index (Phi) is 5.75. The number of ether oxygens (including phenoxy) is 1. The Morgan fingerprint density at radius 2 is 1.79 bits per heavy atom. The zero-order valence-electron chi connectivity index (χ0n) is 15.7. The molecule has 1 saturated heterocycles. The lowest BCUT2D eigenvalue weighted by Crippen LogP contribution is -2.57. The van der Waals surface area contributed by atoms with Crippen LogP contribution in [0.5, 0.6) is 5.75 Å². The van der Waals surface area contributed by atoms with Crippen molar-refractivity contribution in [2.45, 2.75) is 19.1 Å². The van der Waals surface area contributed by atoms with Crippen LogP contribution in [0.2, 0.25) is 5.02 Å². The van der Waals surface area contributed by atoms with Crippen molar-refractivity contribution in [1.82, 2.24) is 4.90 Å². The van der Waals surface area contributed by atoms with Gasteiger partial charge in [-0.2, -0.15) is 13.2 Å². The molecule has 9 heteroatoms. The predicted octanol–water partition coefficient (Wildman–Crippen LogP) is 4.24. The number of benzene rings is 2. The predicted molar refractivity (Wildman–Crippen MR) is 102 cm³/mol. The van der Waals surface area contributed by atoms with Crippen molar-refractivity contribution in [2.75, 3.05) is 25.1 Å². The molecule has 2 amide bonds. The summed E-state index contributed by atoms with van der Waals surface area (Å²) in [7, 11) is 1.48. The first kappa shape index (κ1) is 21.0. The number of hydrogen-bond donors (Lipinski definition) is 0. The highest BCUT2D eigenvalue weighted by atomic mass is 35.5. The number of piperazine rings is 1. The minimum Gasteiger partial charge on any atom is -0.495 e.